The number of piperidine rings is 1. The Labute approximate surface area is 191 Å². The molecule has 32 heavy (non-hydrogen) atoms. The highest BCUT2D eigenvalue weighted by atomic mass is 16.5. The number of likely N-dealkylation sites (tertiary alicyclic amines) is 1. The van der Waals surface area contributed by atoms with E-state index < -0.39 is 0 Å². The van der Waals surface area contributed by atoms with Crippen molar-refractivity contribution in [2.45, 2.75) is 39.3 Å². The Morgan fingerprint density at radius 3 is 2.56 bits per heavy atom. The van der Waals surface area contributed by atoms with Crippen molar-refractivity contribution in [3.8, 4) is 0 Å². The molecule has 0 bridgehead atoms. The fraction of sp³-hybridized carbons (Fsp3) is 0.444. The molecule has 0 atom stereocenters. The van der Waals surface area contributed by atoms with E-state index in [1.165, 1.54) is 27.7 Å². The first kappa shape index (κ1) is 22.6. The molecule has 0 radical (unpaired) electrons. The number of aryl methyl sites for hydroxylation is 1. The van der Waals surface area contributed by atoms with Gasteiger partial charge in [0.2, 0.25) is 5.91 Å². The van der Waals surface area contributed by atoms with Gasteiger partial charge in [0.1, 0.15) is 0 Å². The van der Waals surface area contributed by atoms with E-state index in [0.29, 0.717) is 13.2 Å². The van der Waals surface area contributed by atoms with E-state index in [1.807, 2.05) is 0 Å². The maximum atomic E-state index is 12.5. The number of fused-ring (bicyclic) bond motifs is 1. The van der Waals surface area contributed by atoms with Gasteiger partial charge in [-0.25, -0.2) is 0 Å². The van der Waals surface area contributed by atoms with Crippen molar-refractivity contribution in [3.63, 3.8) is 0 Å². The molecular formula is C27H35N3O2. The Balaban J connectivity index is 1.40. The molecule has 1 fully saturated rings. The third kappa shape index (κ3) is 5.59. The highest BCUT2D eigenvalue weighted by molar-refractivity contribution is 5.81. The van der Waals surface area contributed by atoms with Crippen LogP contribution in [0, 0.1) is 12.8 Å². The van der Waals surface area contributed by atoms with Crippen LogP contribution in [0.25, 0.3) is 10.9 Å². The van der Waals surface area contributed by atoms with Gasteiger partial charge in [-0.05, 0) is 62.4 Å². The lowest BCUT2D eigenvalue weighted by Crippen LogP contribution is -2.40. The van der Waals surface area contributed by atoms with Crippen LogP contribution in [0.5, 0.6) is 0 Å². The number of hydrogen-bond donors (Lipinski definition) is 1. The molecule has 5 heteroatoms. The van der Waals surface area contributed by atoms with E-state index in [-0.39, 0.29) is 11.8 Å². The summed E-state index contributed by atoms with van der Waals surface area (Å²) in [6.45, 7) is 7.24. The number of aromatic nitrogens is 1. The standard InChI is InChI=1S/C27H35N3O2/c1-21-8-10-22(11-9-21)19-30-25(18-24-6-3-4-7-26(24)30)20-29-15-12-23(13-16-29)27(31)28-14-5-17-32-2/h3-4,6-11,18,23H,5,12-17,19-20H2,1-2H3,(H,28,31). The number of nitrogens with one attached hydrogen (secondary N) is 1. The van der Waals surface area contributed by atoms with Gasteiger partial charge >= 0.3 is 0 Å². The predicted octanol–water partition coefficient (Wildman–Crippen LogP) is 4.36. The van der Waals surface area contributed by atoms with Gasteiger partial charge < -0.3 is 14.6 Å². The van der Waals surface area contributed by atoms with Crippen molar-refractivity contribution in [2.75, 3.05) is 33.4 Å². The van der Waals surface area contributed by atoms with Crippen LogP contribution in [-0.2, 0) is 22.6 Å². The lowest BCUT2D eigenvalue weighted by Gasteiger charge is -2.31. The van der Waals surface area contributed by atoms with E-state index in [4.69, 9.17) is 4.74 Å². The van der Waals surface area contributed by atoms with E-state index in [9.17, 15) is 4.79 Å². The number of nitrogens with zero attached hydrogens (tertiary/aromatic N) is 2. The van der Waals surface area contributed by atoms with Gasteiger partial charge in [0.05, 0.1) is 0 Å². The number of benzene rings is 2. The Morgan fingerprint density at radius 2 is 1.81 bits per heavy atom. The van der Waals surface area contributed by atoms with Gasteiger partial charge in [-0.1, -0.05) is 48.0 Å². The largest absolute Gasteiger partial charge is 0.385 e. The minimum absolute atomic E-state index is 0.132. The van der Waals surface area contributed by atoms with Crippen LogP contribution >= 0.6 is 0 Å². The molecule has 2 aromatic carbocycles. The van der Waals surface area contributed by atoms with Gasteiger partial charge in [0.25, 0.3) is 0 Å². The normalized spacial score (nSPS) is 15.3. The quantitative estimate of drug-likeness (QED) is 0.510. The van der Waals surface area contributed by atoms with E-state index in [0.717, 1.165) is 45.4 Å². The highest BCUT2D eigenvalue weighted by Crippen LogP contribution is 2.25. The van der Waals surface area contributed by atoms with Gasteiger partial charge in [-0.15, -0.1) is 0 Å². The monoisotopic (exact) mass is 433 g/mol. The molecule has 1 aliphatic rings. The van der Waals surface area contributed by atoms with Crippen molar-refractivity contribution in [1.29, 1.82) is 0 Å². The first-order valence-corrected chi connectivity index (χ1v) is 11.8. The van der Waals surface area contributed by atoms with Crippen LogP contribution < -0.4 is 5.32 Å². The maximum absolute atomic E-state index is 12.5. The average Bonchev–Trinajstić information content (AvgIpc) is 3.15. The van der Waals surface area contributed by atoms with Crippen molar-refractivity contribution in [1.82, 2.24) is 14.8 Å². The molecule has 0 saturated carbocycles. The second kappa shape index (κ2) is 10.8. The molecule has 0 unspecified atom stereocenters. The molecule has 1 aromatic heterocycles. The number of ether oxygens (including phenoxy) is 1. The zero-order valence-corrected chi connectivity index (χ0v) is 19.3. The van der Waals surface area contributed by atoms with Crippen molar-refractivity contribution < 1.29 is 9.53 Å². The van der Waals surface area contributed by atoms with Gasteiger partial charge in [0.15, 0.2) is 0 Å². The molecule has 1 amide bonds. The lowest BCUT2D eigenvalue weighted by atomic mass is 9.96. The fourth-order valence-electron chi connectivity index (χ4n) is 4.62. The Kier molecular flexibility index (Phi) is 7.61. The first-order valence-electron chi connectivity index (χ1n) is 11.8. The summed E-state index contributed by atoms with van der Waals surface area (Å²) in [5.74, 6) is 0.335. The van der Waals surface area contributed by atoms with Crippen molar-refractivity contribution in [3.05, 3.63) is 71.4 Å². The molecule has 3 aromatic rings. The van der Waals surface area contributed by atoms with Crippen molar-refractivity contribution >= 4 is 16.8 Å². The first-order chi connectivity index (χ1) is 15.6. The summed E-state index contributed by atoms with van der Waals surface area (Å²) >= 11 is 0. The zero-order chi connectivity index (χ0) is 22.3. The van der Waals surface area contributed by atoms with Crippen LogP contribution in [0.4, 0.5) is 0 Å². The van der Waals surface area contributed by atoms with Crippen molar-refractivity contribution in [2.24, 2.45) is 5.92 Å². The zero-order valence-electron chi connectivity index (χ0n) is 19.3. The molecule has 1 N–H and O–H groups in total. The van der Waals surface area contributed by atoms with Gasteiger partial charge in [0, 0.05) is 50.5 Å². The van der Waals surface area contributed by atoms with Crippen LogP contribution in [-0.4, -0.2) is 48.7 Å². The number of hydrogen-bond acceptors (Lipinski definition) is 3. The minimum atomic E-state index is 0.132. The van der Waals surface area contributed by atoms with E-state index in [1.54, 1.807) is 7.11 Å². The molecule has 4 rings (SSSR count). The molecule has 0 aliphatic carbocycles. The van der Waals surface area contributed by atoms with Crippen LogP contribution in [0.15, 0.2) is 54.6 Å². The number of para-hydroxylation sites is 1. The second-order valence-corrected chi connectivity index (χ2v) is 8.95. The smallest absolute Gasteiger partial charge is 0.223 e. The Hall–Kier alpha value is -2.63. The summed E-state index contributed by atoms with van der Waals surface area (Å²) in [7, 11) is 1.69. The predicted molar refractivity (Wildman–Crippen MR) is 130 cm³/mol. The van der Waals surface area contributed by atoms with Gasteiger partial charge in [-0.2, -0.15) is 0 Å². The van der Waals surface area contributed by atoms with E-state index in [2.05, 4.69) is 76.3 Å². The summed E-state index contributed by atoms with van der Waals surface area (Å²) in [5, 5.41) is 4.36. The molecule has 5 nitrogen and oxygen atoms in total. The molecule has 170 valence electrons. The summed E-state index contributed by atoms with van der Waals surface area (Å²) < 4.78 is 7.51. The Bertz CT molecular complexity index is 1020. The summed E-state index contributed by atoms with van der Waals surface area (Å²) in [6, 6.07) is 19.8. The average molecular weight is 434 g/mol. The number of amides is 1. The summed E-state index contributed by atoms with van der Waals surface area (Å²) in [5.41, 5.74) is 5.24. The molecular weight excluding hydrogens is 398 g/mol. The summed E-state index contributed by atoms with van der Waals surface area (Å²) in [4.78, 5) is 14.9. The van der Waals surface area contributed by atoms with Crippen LogP contribution in [0.2, 0.25) is 0 Å². The third-order valence-electron chi connectivity index (χ3n) is 6.53. The SMILES string of the molecule is COCCCNC(=O)C1CCN(Cc2cc3ccccc3n2Cc2ccc(C)cc2)CC1. The third-order valence-corrected chi connectivity index (χ3v) is 6.53. The number of rotatable bonds is 9. The number of methoxy groups -OCH3 is 1. The number of carbonyl (C=O) groups excluding carboxylic acids is 1. The fourth-order valence-corrected chi connectivity index (χ4v) is 4.62. The maximum Gasteiger partial charge on any atom is 0.223 e. The number of carbonyl (C=O) groups is 1. The molecule has 0 spiro atoms. The molecule has 1 saturated heterocycles. The minimum Gasteiger partial charge on any atom is -0.385 e. The Morgan fingerprint density at radius 1 is 1.06 bits per heavy atom. The van der Waals surface area contributed by atoms with E-state index >= 15 is 0 Å². The van der Waals surface area contributed by atoms with Crippen LogP contribution in [0.1, 0.15) is 36.1 Å². The molecule has 1 aliphatic heterocycles. The van der Waals surface area contributed by atoms with Gasteiger partial charge in [-0.3, -0.25) is 9.69 Å². The summed E-state index contributed by atoms with van der Waals surface area (Å²) in [6.07, 6.45) is 2.72. The topological polar surface area (TPSA) is 46.5 Å². The lowest BCUT2D eigenvalue weighted by molar-refractivity contribution is -0.126. The highest BCUT2D eigenvalue weighted by Gasteiger charge is 2.25. The molecule has 2 heterocycles. The van der Waals surface area contributed by atoms with Crippen LogP contribution in [0.3, 0.4) is 0 Å². The second-order valence-electron chi connectivity index (χ2n) is 8.95.